The standard InChI is InChI=1S/C20H20ClN5O/c1-26(2)18-9-7-17(8-10-18)25-20-23-12-15(13-24-20)19(27)22-11-14-3-5-16(21)6-4-14/h3-10,12-13H,11H2,1-2H3,(H,22,27)(H,23,24,25). The topological polar surface area (TPSA) is 70.2 Å². The fourth-order valence-electron chi connectivity index (χ4n) is 2.37. The van der Waals surface area contributed by atoms with Gasteiger partial charge in [-0.3, -0.25) is 4.79 Å². The van der Waals surface area contributed by atoms with Gasteiger partial charge in [-0.05, 0) is 42.0 Å². The molecule has 0 bridgehead atoms. The predicted octanol–water partition coefficient (Wildman–Crippen LogP) is 3.87. The van der Waals surface area contributed by atoms with Crippen LogP contribution in [-0.4, -0.2) is 30.0 Å². The van der Waals surface area contributed by atoms with Crippen LogP contribution in [0.25, 0.3) is 0 Å². The maximum atomic E-state index is 12.2. The van der Waals surface area contributed by atoms with Crippen molar-refractivity contribution in [2.24, 2.45) is 0 Å². The third kappa shape index (κ3) is 5.18. The first-order valence-corrected chi connectivity index (χ1v) is 8.78. The molecule has 0 aliphatic rings. The van der Waals surface area contributed by atoms with E-state index in [0.29, 0.717) is 23.1 Å². The maximum absolute atomic E-state index is 12.2. The summed E-state index contributed by atoms with van der Waals surface area (Å²) in [6, 6.07) is 15.2. The van der Waals surface area contributed by atoms with Crippen molar-refractivity contribution >= 4 is 34.8 Å². The van der Waals surface area contributed by atoms with Crippen LogP contribution in [-0.2, 0) is 6.54 Å². The van der Waals surface area contributed by atoms with Crippen molar-refractivity contribution in [2.45, 2.75) is 6.54 Å². The number of rotatable bonds is 6. The summed E-state index contributed by atoms with van der Waals surface area (Å²) in [6.07, 6.45) is 3.00. The summed E-state index contributed by atoms with van der Waals surface area (Å²) in [5.41, 5.74) is 3.35. The predicted molar refractivity (Wildman–Crippen MR) is 109 cm³/mol. The van der Waals surface area contributed by atoms with Gasteiger partial charge in [-0.2, -0.15) is 0 Å². The SMILES string of the molecule is CN(C)c1ccc(Nc2ncc(C(=O)NCc3ccc(Cl)cc3)cn2)cc1. The van der Waals surface area contributed by atoms with E-state index in [1.807, 2.05) is 55.4 Å². The Labute approximate surface area is 163 Å². The zero-order chi connectivity index (χ0) is 19.2. The number of hydrogen-bond acceptors (Lipinski definition) is 5. The van der Waals surface area contributed by atoms with Crippen LogP contribution in [0, 0.1) is 0 Å². The van der Waals surface area contributed by atoms with E-state index in [0.717, 1.165) is 16.9 Å². The third-order valence-electron chi connectivity index (χ3n) is 3.92. The van der Waals surface area contributed by atoms with Crippen molar-refractivity contribution < 1.29 is 4.79 Å². The van der Waals surface area contributed by atoms with Crippen molar-refractivity contribution in [1.82, 2.24) is 15.3 Å². The van der Waals surface area contributed by atoms with E-state index in [2.05, 4.69) is 20.6 Å². The second kappa shape index (κ2) is 8.51. The number of halogens is 1. The van der Waals surface area contributed by atoms with Gasteiger partial charge in [0.05, 0.1) is 5.56 Å². The Hall–Kier alpha value is -3.12. The molecule has 3 rings (SSSR count). The zero-order valence-corrected chi connectivity index (χ0v) is 15.9. The second-order valence-corrected chi connectivity index (χ2v) is 6.61. The number of amides is 1. The van der Waals surface area contributed by atoms with Gasteiger partial charge >= 0.3 is 0 Å². The van der Waals surface area contributed by atoms with Crippen molar-refractivity contribution in [3.05, 3.63) is 77.1 Å². The fourth-order valence-corrected chi connectivity index (χ4v) is 2.49. The largest absolute Gasteiger partial charge is 0.378 e. The Bertz CT molecular complexity index is 893. The van der Waals surface area contributed by atoms with Gasteiger partial charge in [0.2, 0.25) is 5.95 Å². The van der Waals surface area contributed by atoms with Gasteiger partial charge < -0.3 is 15.5 Å². The van der Waals surface area contributed by atoms with Gasteiger partial charge in [0, 0.05) is 49.4 Å². The number of hydrogen-bond donors (Lipinski definition) is 2. The van der Waals surface area contributed by atoms with Crippen LogP contribution >= 0.6 is 11.6 Å². The molecule has 7 heteroatoms. The average molecular weight is 382 g/mol. The Morgan fingerprint density at radius 3 is 2.22 bits per heavy atom. The highest BCUT2D eigenvalue weighted by molar-refractivity contribution is 6.30. The molecule has 1 amide bonds. The molecule has 0 saturated heterocycles. The van der Waals surface area contributed by atoms with E-state index < -0.39 is 0 Å². The molecule has 0 aliphatic carbocycles. The Morgan fingerprint density at radius 1 is 1.00 bits per heavy atom. The highest BCUT2D eigenvalue weighted by Crippen LogP contribution is 2.18. The molecule has 27 heavy (non-hydrogen) atoms. The van der Waals surface area contributed by atoms with E-state index in [1.54, 1.807) is 12.1 Å². The lowest BCUT2D eigenvalue weighted by Gasteiger charge is -2.13. The number of carbonyl (C=O) groups excluding carboxylic acids is 1. The molecule has 3 aromatic rings. The number of carbonyl (C=O) groups is 1. The number of aromatic nitrogens is 2. The lowest BCUT2D eigenvalue weighted by atomic mass is 10.2. The van der Waals surface area contributed by atoms with Crippen LogP contribution in [0.15, 0.2) is 60.9 Å². The summed E-state index contributed by atoms with van der Waals surface area (Å²) in [4.78, 5) is 22.7. The number of anilines is 3. The molecule has 0 unspecified atom stereocenters. The first-order chi connectivity index (χ1) is 13.0. The monoisotopic (exact) mass is 381 g/mol. The molecule has 0 spiro atoms. The minimum Gasteiger partial charge on any atom is -0.378 e. The summed E-state index contributed by atoms with van der Waals surface area (Å²) in [5, 5.41) is 6.61. The number of benzene rings is 2. The fraction of sp³-hybridized carbons (Fsp3) is 0.150. The first-order valence-electron chi connectivity index (χ1n) is 8.40. The first kappa shape index (κ1) is 18.7. The van der Waals surface area contributed by atoms with Crippen molar-refractivity contribution in [3.63, 3.8) is 0 Å². The van der Waals surface area contributed by atoms with E-state index in [1.165, 1.54) is 12.4 Å². The molecular formula is C20H20ClN5O. The van der Waals surface area contributed by atoms with Crippen molar-refractivity contribution in [1.29, 1.82) is 0 Å². The van der Waals surface area contributed by atoms with Gasteiger partial charge in [-0.15, -0.1) is 0 Å². The molecule has 0 aliphatic heterocycles. The molecule has 1 aromatic heterocycles. The lowest BCUT2D eigenvalue weighted by molar-refractivity contribution is 0.0950. The summed E-state index contributed by atoms with van der Waals surface area (Å²) < 4.78 is 0. The van der Waals surface area contributed by atoms with Crippen molar-refractivity contribution in [3.8, 4) is 0 Å². The van der Waals surface area contributed by atoms with E-state index >= 15 is 0 Å². The summed E-state index contributed by atoms with van der Waals surface area (Å²) >= 11 is 5.85. The van der Waals surface area contributed by atoms with Gasteiger partial charge in [-0.25, -0.2) is 9.97 Å². The molecule has 0 saturated carbocycles. The molecule has 6 nitrogen and oxygen atoms in total. The molecular weight excluding hydrogens is 362 g/mol. The summed E-state index contributed by atoms with van der Waals surface area (Å²) in [7, 11) is 3.98. The third-order valence-corrected chi connectivity index (χ3v) is 4.17. The molecule has 0 radical (unpaired) electrons. The summed E-state index contributed by atoms with van der Waals surface area (Å²) in [6.45, 7) is 0.411. The van der Waals surface area contributed by atoms with Gasteiger partial charge in [0.25, 0.3) is 5.91 Å². The second-order valence-electron chi connectivity index (χ2n) is 6.17. The number of nitrogens with zero attached hydrogens (tertiary/aromatic N) is 3. The Morgan fingerprint density at radius 2 is 1.63 bits per heavy atom. The highest BCUT2D eigenvalue weighted by atomic mass is 35.5. The van der Waals surface area contributed by atoms with Crippen molar-refractivity contribution in [2.75, 3.05) is 24.3 Å². The quantitative estimate of drug-likeness (QED) is 0.678. The number of nitrogens with one attached hydrogen (secondary N) is 2. The average Bonchev–Trinajstić information content (AvgIpc) is 2.68. The van der Waals surface area contributed by atoms with Crippen LogP contribution in [0.1, 0.15) is 15.9 Å². The van der Waals surface area contributed by atoms with Gasteiger partial charge in [0.1, 0.15) is 0 Å². The highest BCUT2D eigenvalue weighted by Gasteiger charge is 2.07. The summed E-state index contributed by atoms with van der Waals surface area (Å²) in [5.74, 6) is 0.202. The van der Waals surface area contributed by atoms with Crippen LogP contribution in [0.4, 0.5) is 17.3 Å². The zero-order valence-electron chi connectivity index (χ0n) is 15.1. The minimum absolute atomic E-state index is 0.230. The smallest absolute Gasteiger partial charge is 0.254 e. The van der Waals surface area contributed by atoms with Crippen LogP contribution < -0.4 is 15.5 Å². The molecule has 2 N–H and O–H groups in total. The van der Waals surface area contributed by atoms with E-state index in [9.17, 15) is 4.79 Å². The molecule has 0 atom stereocenters. The Kier molecular flexibility index (Phi) is 5.88. The van der Waals surface area contributed by atoms with Crippen LogP contribution in [0.2, 0.25) is 5.02 Å². The molecule has 2 aromatic carbocycles. The Balaban J connectivity index is 1.57. The molecule has 0 fully saturated rings. The molecule has 1 heterocycles. The van der Waals surface area contributed by atoms with Crippen LogP contribution in [0.3, 0.4) is 0 Å². The minimum atomic E-state index is -0.230. The van der Waals surface area contributed by atoms with Gasteiger partial charge in [-0.1, -0.05) is 23.7 Å². The van der Waals surface area contributed by atoms with Gasteiger partial charge in [0.15, 0.2) is 0 Å². The van der Waals surface area contributed by atoms with E-state index in [4.69, 9.17) is 11.6 Å². The van der Waals surface area contributed by atoms with Crippen LogP contribution in [0.5, 0.6) is 0 Å². The molecule has 138 valence electrons. The normalized spacial score (nSPS) is 10.3. The van der Waals surface area contributed by atoms with E-state index in [-0.39, 0.29) is 5.91 Å². The lowest BCUT2D eigenvalue weighted by Crippen LogP contribution is -2.23. The maximum Gasteiger partial charge on any atom is 0.254 e.